The number of nitrogens with zero attached hydrogens (tertiary/aromatic N) is 1. The molecule has 86 valence electrons. The fourth-order valence-corrected chi connectivity index (χ4v) is 2.71. The van der Waals surface area contributed by atoms with E-state index in [4.69, 9.17) is 4.74 Å². The monoisotopic (exact) mass is 213 g/mol. The molecular formula is C11H19NO3. The Bertz CT molecular complexity index is 230. The first-order chi connectivity index (χ1) is 7.22. The maximum Gasteiger partial charge on any atom is 0.410 e. The lowest BCUT2D eigenvalue weighted by Gasteiger charge is -2.36. The van der Waals surface area contributed by atoms with Crippen LogP contribution >= 0.6 is 0 Å². The van der Waals surface area contributed by atoms with E-state index in [0.29, 0.717) is 6.61 Å². The first-order valence-corrected chi connectivity index (χ1v) is 5.85. The highest BCUT2D eigenvalue weighted by Crippen LogP contribution is 2.36. The molecule has 2 fully saturated rings. The third-order valence-corrected chi connectivity index (χ3v) is 3.35. The van der Waals surface area contributed by atoms with Crippen LogP contribution in [-0.4, -0.2) is 40.9 Å². The highest BCUT2D eigenvalue weighted by Gasteiger charge is 2.43. The molecule has 4 nitrogen and oxygen atoms in total. The number of ether oxygens (including phenoxy) is 1. The second-order valence-electron chi connectivity index (χ2n) is 4.53. The van der Waals surface area contributed by atoms with E-state index < -0.39 is 0 Å². The van der Waals surface area contributed by atoms with Gasteiger partial charge in [0.05, 0.1) is 12.7 Å². The SMILES string of the molecule is CCCOC(=O)N1[C@@H]2CC[C@H]1C[C@@H](O)C2. The van der Waals surface area contributed by atoms with Crippen molar-refractivity contribution in [3.63, 3.8) is 0 Å². The predicted octanol–water partition coefficient (Wildman–Crippen LogP) is 1.52. The van der Waals surface area contributed by atoms with Crippen LogP contribution in [0.5, 0.6) is 0 Å². The molecule has 2 heterocycles. The van der Waals surface area contributed by atoms with Crippen molar-refractivity contribution in [2.75, 3.05) is 6.61 Å². The Hall–Kier alpha value is -0.770. The van der Waals surface area contributed by atoms with Gasteiger partial charge in [-0.1, -0.05) is 6.92 Å². The molecule has 0 radical (unpaired) electrons. The molecule has 4 heteroatoms. The van der Waals surface area contributed by atoms with Crippen molar-refractivity contribution in [2.45, 2.75) is 57.2 Å². The fraction of sp³-hybridized carbons (Fsp3) is 0.909. The highest BCUT2D eigenvalue weighted by molar-refractivity contribution is 5.69. The molecule has 0 aromatic rings. The molecule has 2 aliphatic rings. The Morgan fingerprint density at radius 2 is 2.00 bits per heavy atom. The van der Waals surface area contributed by atoms with Crippen LogP contribution in [0.2, 0.25) is 0 Å². The number of hydrogen-bond donors (Lipinski definition) is 1. The number of carbonyl (C=O) groups is 1. The van der Waals surface area contributed by atoms with Gasteiger partial charge in [-0.25, -0.2) is 4.79 Å². The van der Waals surface area contributed by atoms with Gasteiger partial charge in [0.15, 0.2) is 0 Å². The molecular weight excluding hydrogens is 194 g/mol. The molecule has 2 aliphatic heterocycles. The molecule has 0 saturated carbocycles. The quantitative estimate of drug-likeness (QED) is 0.756. The van der Waals surface area contributed by atoms with Crippen molar-refractivity contribution >= 4 is 6.09 Å². The summed E-state index contributed by atoms with van der Waals surface area (Å²) in [6.45, 7) is 2.49. The summed E-state index contributed by atoms with van der Waals surface area (Å²) in [6, 6.07) is 0.422. The fourth-order valence-electron chi connectivity index (χ4n) is 2.71. The number of aliphatic hydroxyl groups excluding tert-OH is 1. The summed E-state index contributed by atoms with van der Waals surface area (Å²) in [5, 5.41) is 9.59. The first kappa shape index (κ1) is 10.7. The number of amides is 1. The zero-order chi connectivity index (χ0) is 10.8. The second-order valence-corrected chi connectivity index (χ2v) is 4.53. The predicted molar refractivity (Wildman–Crippen MR) is 55.5 cm³/mol. The van der Waals surface area contributed by atoms with Crippen molar-refractivity contribution in [3.05, 3.63) is 0 Å². The van der Waals surface area contributed by atoms with Crippen LogP contribution in [0, 0.1) is 0 Å². The van der Waals surface area contributed by atoms with Gasteiger partial charge >= 0.3 is 6.09 Å². The van der Waals surface area contributed by atoms with Crippen LogP contribution < -0.4 is 0 Å². The largest absolute Gasteiger partial charge is 0.449 e. The highest BCUT2D eigenvalue weighted by atomic mass is 16.6. The Balaban J connectivity index is 1.95. The van der Waals surface area contributed by atoms with Crippen molar-refractivity contribution in [1.29, 1.82) is 0 Å². The minimum atomic E-state index is -0.224. The number of carbonyl (C=O) groups excluding carboxylic acids is 1. The van der Waals surface area contributed by atoms with Gasteiger partial charge in [0.25, 0.3) is 0 Å². The molecule has 1 amide bonds. The van der Waals surface area contributed by atoms with Gasteiger partial charge in [-0.2, -0.15) is 0 Å². The smallest absolute Gasteiger partial charge is 0.410 e. The van der Waals surface area contributed by atoms with Crippen LogP contribution in [0.15, 0.2) is 0 Å². The summed E-state index contributed by atoms with van der Waals surface area (Å²) in [6.07, 6.45) is 3.92. The molecule has 0 aromatic heterocycles. The zero-order valence-electron chi connectivity index (χ0n) is 9.19. The summed E-state index contributed by atoms with van der Waals surface area (Å²) in [5.41, 5.74) is 0. The summed E-state index contributed by atoms with van der Waals surface area (Å²) in [5.74, 6) is 0. The summed E-state index contributed by atoms with van der Waals surface area (Å²) in [4.78, 5) is 13.6. The minimum Gasteiger partial charge on any atom is -0.449 e. The van der Waals surface area contributed by atoms with Crippen LogP contribution in [0.3, 0.4) is 0 Å². The third-order valence-electron chi connectivity index (χ3n) is 3.35. The number of hydrogen-bond acceptors (Lipinski definition) is 3. The van der Waals surface area contributed by atoms with E-state index in [0.717, 1.165) is 32.1 Å². The van der Waals surface area contributed by atoms with E-state index >= 15 is 0 Å². The Labute approximate surface area is 90.2 Å². The van der Waals surface area contributed by atoms with E-state index in [9.17, 15) is 9.90 Å². The van der Waals surface area contributed by atoms with E-state index in [2.05, 4.69) is 0 Å². The Morgan fingerprint density at radius 3 is 2.53 bits per heavy atom. The molecule has 0 aromatic carbocycles. The van der Waals surface area contributed by atoms with E-state index in [1.54, 1.807) is 0 Å². The van der Waals surface area contributed by atoms with Gasteiger partial charge in [-0.15, -0.1) is 0 Å². The number of aliphatic hydroxyl groups is 1. The average molecular weight is 213 g/mol. The number of fused-ring (bicyclic) bond motifs is 2. The molecule has 2 bridgehead atoms. The normalized spacial score (nSPS) is 34.3. The first-order valence-electron chi connectivity index (χ1n) is 5.85. The van der Waals surface area contributed by atoms with Crippen molar-refractivity contribution < 1.29 is 14.6 Å². The van der Waals surface area contributed by atoms with Crippen LogP contribution in [0.25, 0.3) is 0 Å². The summed E-state index contributed by atoms with van der Waals surface area (Å²) < 4.78 is 5.15. The molecule has 15 heavy (non-hydrogen) atoms. The van der Waals surface area contributed by atoms with Gasteiger partial charge in [-0.3, -0.25) is 0 Å². The zero-order valence-corrected chi connectivity index (χ0v) is 9.19. The van der Waals surface area contributed by atoms with Gasteiger partial charge < -0.3 is 14.7 Å². The van der Waals surface area contributed by atoms with E-state index in [-0.39, 0.29) is 24.3 Å². The van der Waals surface area contributed by atoms with Crippen molar-refractivity contribution in [3.8, 4) is 0 Å². The summed E-state index contributed by atoms with van der Waals surface area (Å²) in [7, 11) is 0. The van der Waals surface area contributed by atoms with Crippen LogP contribution in [0.4, 0.5) is 4.79 Å². The standard InChI is InChI=1S/C11H19NO3/c1-2-5-15-11(14)12-8-3-4-9(12)7-10(13)6-8/h8-10,13H,2-7H2,1H3/t8-,9+,10+. The van der Waals surface area contributed by atoms with Gasteiger partial charge in [-0.05, 0) is 32.1 Å². The third kappa shape index (κ3) is 2.09. The molecule has 2 saturated heterocycles. The number of rotatable bonds is 2. The van der Waals surface area contributed by atoms with Gasteiger partial charge in [0.2, 0.25) is 0 Å². The molecule has 0 spiro atoms. The van der Waals surface area contributed by atoms with Crippen LogP contribution in [-0.2, 0) is 4.74 Å². The number of piperidine rings is 1. The molecule has 0 unspecified atom stereocenters. The van der Waals surface area contributed by atoms with Crippen molar-refractivity contribution in [2.24, 2.45) is 0 Å². The molecule has 2 rings (SSSR count). The lowest BCUT2D eigenvalue weighted by molar-refractivity contribution is 0.0247. The average Bonchev–Trinajstić information content (AvgIpc) is 2.48. The van der Waals surface area contributed by atoms with Crippen molar-refractivity contribution in [1.82, 2.24) is 4.90 Å². The van der Waals surface area contributed by atoms with Gasteiger partial charge in [0.1, 0.15) is 0 Å². The van der Waals surface area contributed by atoms with E-state index in [1.165, 1.54) is 0 Å². The lowest BCUT2D eigenvalue weighted by Crippen LogP contribution is -2.48. The maximum atomic E-state index is 11.7. The minimum absolute atomic E-state index is 0.184. The topological polar surface area (TPSA) is 49.8 Å². The van der Waals surface area contributed by atoms with Crippen LogP contribution in [0.1, 0.15) is 39.0 Å². The summed E-state index contributed by atoms with van der Waals surface area (Å²) >= 11 is 0. The van der Waals surface area contributed by atoms with Gasteiger partial charge in [0, 0.05) is 12.1 Å². The lowest BCUT2D eigenvalue weighted by atomic mass is 10.0. The second kappa shape index (κ2) is 4.39. The molecule has 3 atom stereocenters. The molecule has 1 N–H and O–H groups in total. The Morgan fingerprint density at radius 1 is 1.40 bits per heavy atom. The van der Waals surface area contributed by atoms with E-state index in [1.807, 2.05) is 11.8 Å². The maximum absolute atomic E-state index is 11.7. The molecule has 0 aliphatic carbocycles. The Kier molecular flexibility index (Phi) is 3.14.